The number of oxime groups is 1. The van der Waals surface area contributed by atoms with Gasteiger partial charge in [0.2, 0.25) is 0 Å². The molecule has 1 amide bonds. The molecule has 0 radical (unpaired) electrons. The van der Waals surface area contributed by atoms with E-state index in [1.54, 1.807) is 0 Å². The number of benzene rings is 1. The van der Waals surface area contributed by atoms with Crippen molar-refractivity contribution in [1.29, 1.82) is 0 Å². The number of rotatable bonds is 9. The molecule has 1 aromatic carbocycles. The predicted octanol–water partition coefficient (Wildman–Crippen LogP) is 7.00. The Labute approximate surface area is 221 Å². The van der Waals surface area contributed by atoms with Gasteiger partial charge in [-0.15, -0.1) is 11.3 Å². The zero-order valence-electron chi connectivity index (χ0n) is 19.5. The van der Waals surface area contributed by atoms with Gasteiger partial charge < -0.3 is 14.9 Å². The van der Waals surface area contributed by atoms with E-state index in [2.05, 4.69) is 17.4 Å². The Morgan fingerprint density at radius 1 is 1.22 bits per heavy atom. The molecule has 11 heteroatoms. The first-order chi connectivity index (χ1) is 17.1. The number of amides is 1. The van der Waals surface area contributed by atoms with Crippen molar-refractivity contribution < 1.29 is 27.6 Å². The van der Waals surface area contributed by atoms with Crippen LogP contribution in [0.1, 0.15) is 76.7 Å². The highest BCUT2D eigenvalue weighted by Crippen LogP contribution is 2.51. The van der Waals surface area contributed by atoms with E-state index in [0.29, 0.717) is 29.0 Å². The molecule has 5 nitrogen and oxygen atoms in total. The number of hydrogen-bond donors (Lipinski definition) is 1. The summed E-state index contributed by atoms with van der Waals surface area (Å²) in [5, 5.41) is 6.76. The summed E-state index contributed by atoms with van der Waals surface area (Å²) in [6.07, 6.45) is 0.700. The van der Waals surface area contributed by atoms with Crippen LogP contribution in [0.3, 0.4) is 0 Å². The predicted molar refractivity (Wildman–Crippen MR) is 134 cm³/mol. The van der Waals surface area contributed by atoms with Gasteiger partial charge in [-0.1, -0.05) is 54.5 Å². The van der Waals surface area contributed by atoms with Gasteiger partial charge in [0.25, 0.3) is 11.5 Å². The molecular formula is C25H25Cl2F3N2O3S. The maximum absolute atomic E-state index is 14.4. The largest absolute Gasteiger partial charge is 0.435 e. The summed E-state index contributed by atoms with van der Waals surface area (Å²) in [7, 11) is 0. The molecule has 2 aromatic rings. The zero-order chi connectivity index (χ0) is 26.1. The molecule has 194 valence electrons. The van der Waals surface area contributed by atoms with Crippen LogP contribution in [0.5, 0.6) is 0 Å². The number of hydrogen-bond acceptors (Lipinski definition) is 5. The number of thiophene rings is 1. The van der Waals surface area contributed by atoms with Crippen LogP contribution >= 0.6 is 34.5 Å². The van der Waals surface area contributed by atoms with Gasteiger partial charge >= 0.3 is 6.18 Å². The maximum Gasteiger partial charge on any atom is 0.435 e. The number of carbonyl (C=O) groups excluding carboxylic acids is 2. The van der Waals surface area contributed by atoms with Crippen molar-refractivity contribution in [2.75, 3.05) is 0 Å². The third kappa shape index (κ3) is 5.15. The smallest absolute Gasteiger partial charge is 0.374 e. The van der Waals surface area contributed by atoms with Gasteiger partial charge in [0, 0.05) is 15.6 Å². The third-order valence-corrected chi connectivity index (χ3v) is 8.31. The number of alkyl halides is 3. The van der Waals surface area contributed by atoms with Gasteiger partial charge in [0.1, 0.15) is 12.0 Å². The zero-order valence-corrected chi connectivity index (χ0v) is 21.8. The Morgan fingerprint density at radius 3 is 2.56 bits per heavy atom. The summed E-state index contributed by atoms with van der Waals surface area (Å²) >= 11 is 13.1. The molecule has 2 heterocycles. The van der Waals surface area contributed by atoms with E-state index >= 15 is 0 Å². The van der Waals surface area contributed by atoms with Crippen molar-refractivity contribution >= 4 is 52.4 Å². The van der Waals surface area contributed by atoms with Crippen molar-refractivity contribution in [3.05, 3.63) is 54.7 Å². The summed E-state index contributed by atoms with van der Waals surface area (Å²) in [6, 6.07) is 3.09. The fraction of sp³-hybridized carbons (Fsp3) is 0.480. The molecule has 36 heavy (non-hydrogen) atoms. The number of carbonyl (C=O) groups is 2. The molecule has 0 bridgehead atoms. The molecule has 1 aromatic heterocycles. The molecule has 2 unspecified atom stereocenters. The second-order valence-electron chi connectivity index (χ2n) is 9.07. The van der Waals surface area contributed by atoms with Crippen LogP contribution in [0.2, 0.25) is 10.0 Å². The summed E-state index contributed by atoms with van der Waals surface area (Å²) in [4.78, 5) is 30.6. The molecule has 1 N–H and O–H groups in total. The molecule has 1 aliphatic carbocycles. The summed E-state index contributed by atoms with van der Waals surface area (Å²) in [5.74, 6) is -0.388. The Hall–Kier alpha value is -2.10. The van der Waals surface area contributed by atoms with E-state index in [9.17, 15) is 22.8 Å². The maximum atomic E-state index is 14.4. The van der Waals surface area contributed by atoms with Crippen LogP contribution < -0.4 is 5.32 Å². The number of aldehydes is 1. The lowest BCUT2D eigenvalue weighted by atomic mass is 9.87. The lowest BCUT2D eigenvalue weighted by Gasteiger charge is -2.29. The molecular weight excluding hydrogens is 536 g/mol. The van der Waals surface area contributed by atoms with Crippen LogP contribution in [-0.4, -0.2) is 30.1 Å². The normalized spacial score (nSPS) is 20.0. The van der Waals surface area contributed by atoms with E-state index in [1.807, 2.05) is 0 Å². The van der Waals surface area contributed by atoms with E-state index in [4.69, 9.17) is 28.0 Å². The quantitative estimate of drug-likeness (QED) is 0.265. The van der Waals surface area contributed by atoms with Gasteiger partial charge in [-0.25, -0.2) is 0 Å². The molecule has 0 fully saturated rings. The number of fused-ring (bicyclic) bond motifs is 1. The molecule has 1 aliphatic heterocycles. The molecule has 2 atom stereocenters. The van der Waals surface area contributed by atoms with Crippen molar-refractivity contribution in [1.82, 2.24) is 5.32 Å². The summed E-state index contributed by atoms with van der Waals surface area (Å²) < 4.78 is 43.2. The van der Waals surface area contributed by atoms with Crippen molar-refractivity contribution in [2.45, 2.75) is 76.1 Å². The number of halogens is 5. The van der Waals surface area contributed by atoms with Crippen LogP contribution in [-0.2, 0) is 28.1 Å². The van der Waals surface area contributed by atoms with Gasteiger partial charge in [0.05, 0.1) is 22.2 Å². The lowest BCUT2D eigenvalue weighted by Crippen LogP contribution is -2.42. The van der Waals surface area contributed by atoms with Gasteiger partial charge in [0.15, 0.2) is 0 Å². The van der Waals surface area contributed by atoms with Crippen LogP contribution in [0.25, 0.3) is 0 Å². The fourth-order valence-electron chi connectivity index (χ4n) is 4.72. The summed E-state index contributed by atoms with van der Waals surface area (Å²) in [5.41, 5.74) is -1.22. The molecule has 4 rings (SSSR count). The van der Waals surface area contributed by atoms with Crippen molar-refractivity contribution in [2.24, 2.45) is 5.16 Å². The van der Waals surface area contributed by atoms with Gasteiger partial charge in [-0.3, -0.25) is 4.79 Å². The Morgan fingerprint density at radius 2 is 1.92 bits per heavy atom. The Bertz CT molecular complexity index is 1180. The van der Waals surface area contributed by atoms with Crippen LogP contribution in [0, 0.1) is 0 Å². The standard InChI is InChI=1S/C25H25Cl2F3N2O3S/c1-2-3-4-6-17(13-33)31-23(34)22-19-8-5-7-18(19)21(36-22)20-12-24(35-32-20,25(28,29)30)14-9-15(26)11-16(27)10-14/h9-11,13,17H,2-8,12H2,1H3,(H,31,34). The topological polar surface area (TPSA) is 67.8 Å². The molecule has 0 saturated heterocycles. The molecule has 2 aliphatic rings. The number of nitrogens with zero attached hydrogens (tertiary/aromatic N) is 1. The number of unbranched alkanes of at least 4 members (excludes halogenated alkanes) is 2. The minimum absolute atomic E-state index is 0.0535. The molecule has 0 saturated carbocycles. The van der Waals surface area contributed by atoms with E-state index in [1.165, 1.54) is 18.2 Å². The highest BCUT2D eigenvalue weighted by atomic mass is 35.5. The third-order valence-electron chi connectivity index (χ3n) is 6.55. The van der Waals surface area contributed by atoms with E-state index in [-0.39, 0.29) is 27.2 Å². The van der Waals surface area contributed by atoms with E-state index < -0.39 is 24.2 Å². The van der Waals surface area contributed by atoms with Gasteiger partial charge in [-0.2, -0.15) is 13.2 Å². The highest BCUT2D eigenvalue weighted by molar-refractivity contribution is 7.16. The fourth-order valence-corrected chi connectivity index (χ4v) is 6.53. The first kappa shape index (κ1) is 26.9. The van der Waals surface area contributed by atoms with Gasteiger partial charge in [-0.05, 0) is 55.0 Å². The first-order valence-electron chi connectivity index (χ1n) is 11.8. The van der Waals surface area contributed by atoms with E-state index in [0.717, 1.165) is 54.4 Å². The Kier molecular flexibility index (Phi) is 8.02. The SMILES string of the molecule is CCCCCC(C=O)NC(=O)c1sc(C2=NOC(c3cc(Cl)cc(Cl)c3)(C(F)(F)F)C2)c2c1CCC2. The van der Waals surface area contributed by atoms with Crippen molar-refractivity contribution in [3.63, 3.8) is 0 Å². The second-order valence-corrected chi connectivity index (χ2v) is 11.0. The average Bonchev–Trinajstić information content (AvgIpc) is 3.53. The minimum Gasteiger partial charge on any atom is -0.374 e. The summed E-state index contributed by atoms with van der Waals surface area (Å²) in [6.45, 7) is 2.05. The first-order valence-corrected chi connectivity index (χ1v) is 13.4. The monoisotopic (exact) mass is 560 g/mol. The second kappa shape index (κ2) is 10.7. The lowest BCUT2D eigenvalue weighted by molar-refractivity contribution is -0.275. The van der Waals surface area contributed by atoms with Crippen LogP contribution in [0.4, 0.5) is 13.2 Å². The van der Waals surface area contributed by atoms with Crippen molar-refractivity contribution in [3.8, 4) is 0 Å². The molecule has 0 spiro atoms. The average molecular weight is 561 g/mol. The van der Waals surface area contributed by atoms with Crippen LogP contribution in [0.15, 0.2) is 23.4 Å². The number of nitrogens with one attached hydrogen (secondary N) is 1. The Balaban J connectivity index is 1.63. The highest BCUT2D eigenvalue weighted by Gasteiger charge is 2.62. The minimum atomic E-state index is -4.80.